The average molecular weight is 216 g/mol. The Morgan fingerprint density at radius 2 is 2.31 bits per heavy atom. The van der Waals surface area contributed by atoms with E-state index >= 15 is 0 Å². The summed E-state index contributed by atoms with van der Waals surface area (Å²) in [5.74, 6) is 0. The van der Waals surface area contributed by atoms with E-state index in [9.17, 15) is 0 Å². The van der Waals surface area contributed by atoms with Gasteiger partial charge in [-0.05, 0) is 25.0 Å². The van der Waals surface area contributed by atoms with Gasteiger partial charge in [0.1, 0.15) is 5.15 Å². The molecule has 1 rings (SSSR count). The van der Waals surface area contributed by atoms with E-state index in [1.54, 1.807) is 0 Å². The highest BCUT2D eigenvalue weighted by Gasteiger charge is 2.05. The standard InChI is InChI=1S/C10H14ClNS/c1-4-8(3)13-9-5-10(11)12-6-7(9)2/h5-6,8H,4H2,1-3H3. The Kier molecular flexibility index (Phi) is 4.07. The van der Waals surface area contributed by atoms with Crippen LogP contribution in [-0.2, 0) is 0 Å². The zero-order chi connectivity index (χ0) is 9.84. The number of rotatable bonds is 3. The number of halogens is 1. The molecule has 0 aromatic carbocycles. The van der Waals surface area contributed by atoms with Crippen molar-refractivity contribution in [1.82, 2.24) is 4.98 Å². The van der Waals surface area contributed by atoms with Crippen LogP contribution in [0, 0.1) is 6.92 Å². The molecule has 1 nitrogen and oxygen atoms in total. The second-order valence-corrected chi connectivity index (χ2v) is 4.98. The van der Waals surface area contributed by atoms with Crippen molar-refractivity contribution in [3.05, 3.63) is 23.0 Å². The van der Waals surface area contributed by atoms with Gasteiger partial charge in [0.25, 0.3) is 0 Å². The fourth-order valence-corrected chi connectivity index (χ4v) is 2.15. The summed E-state index contributed by atoms with van der Waals surface area (Å²) in [5, 5.41) is 1.22. The molecule has 0 N–H and O–H groups in total. The van der Waals surface area contributed by atoms with Gasteiger partial charge in [0.15, 0.2) is 0 Å². The Morgan fingerprint density at radius 1 is 1.62 bits per heavy atom. The quantitative estimate of drug-likeness (QED) is 0.560. The minimum absolute atomic E-state index is 0.580. The van der Waals surface area contributed by atoms with Gasteiger partial charge in [-0.1, -0.05) is 25.4 Å². The first-order valence-electron chi connectivity index (χ1n) is 4.42. The van der Waals surface area contributed by atoms with Crippen LogP contribution < -0.4 is 0 Å². The van der Waals surface area contributed by atoms with Crippen LogP contribution in [-0.4, -0.2) is 10.2 Å². The van der Waals surface area contributed by atoms with Crippen molar-refractivity contribution in [2.75, 3.05) is 0 Å². The lowest BCUT2D eigenvalue weighted by Gasteiger charge is -2.10. The van der Waals surface area contributed by atoms with Gasteiger partial charge in [-0.25, -0.2) is 4.98 Å². The molecule has 13 heavy (non-hydrogen) atoms. The molecule has 3 heteroatoms. The molecule has 0 amide bonds. The monoisotopic (exact) mass is 215 g/mol. The summed E-state index contributed by atoms with van der Waals surface area (Å²) >= 11 is 7.68. The van der Waals surface area contributed by atoms with Crippen LogP contribution in [0.1, 0.15) is 25.8 Å². The van der Waals surface area contributed by atoms with E-state index in [1.807, 2.05) is 24.0 Å². The highest BCUT2D eigenvalue weighted by molar-refractivity contribution is 8.00. The molecule has 1 atom stereocenters. The van der Waals surface area contributed by atoms with Crippen LogP contribution in [0.5, 0.6) is 0 Å². The van der Waals surface area contributed by atoms with Crippen molar-refractivity contribution >= 4 is 23.4 Å². The van der Waals surface area contributed by atoms with Crippen molar-refractivity contribution < 1.29 is 0 Å². The summed E-state index contributed by atoms with van der Waals surface area (Å²) in [7, 11) is 0. The van der Waals surface area contributed by atoms with Crippen molar-refractivity contribution in [1.29, 1.82) is 0 Å². The van der Waals surface area contributed by atoms with Crippen LogP contribution in [0.3, 0.4) is 0 Å². The minimum atomic E-state index is 0.580. The molecule has 1 aromatic heterocycles. The normalized spacial score (nSPS) is 12.9. The molecule has 0 saturated heterocycles. The van der Waals surface area contributed by atoms with Crippen molar-refractivity contribution in [2.45, 2.75) is 37.3 Å². The predicted molar refractivity (Wildman–Crippen MR) is 59.6 cm³/mol. The van der Waals surface area contributed by atoms with E-state index in [4.69, 9.17) is 11.6 Å². The van der Waals surface area contributed by atoms with Gasteiger partial charge in [-0.15, -0.1) is 11.8 Å². The van der Waals surface area contributed by atoms with Crippen LogP contribution in [0.25, 0.3) is 0 Å². The van der Waals surface area contributed by atoms with Crippen LogP contribution >= 0.6 is 23.4 Å². The first-order chi connectivity index (χ1) is 6.13. The first kappa shape index (κ1) is 10.9. The molecule has 0 spiro atoms. The number of thioether (sulfide) groups is 1. The van der Waals surface area contributed by atoms with E-state index in [0.29, 0.717) is 10.4 Å². The van der Waals surface area contributed by atoms with Crippen LogP contribution in [0.15, 0.2) is 17.2 Å². The largest absolute Gasteiger partial charge is 0.244 e. The van der Waals surface area contributed by atoms with E-state index < -0.39 is 0 Å². The summed E-state index contributed by atoms with van der Waals surface area (Å²) in [6.45, 7) is 6.47. The highest BCUT2D eigenvalue weighted by atomic mass is 35.5. The average Bonchev–Trinajstić information content (AvgIpc) is 2.11. The fraction of sp³-hybridized carbons (Fsp3) is 0.500. The number of pyridine rings is 1. The molecule has 0 aliphatic rings. The van der Waals surface area contributed by atoms with Crippen LogP contribution in [0.2, 0.25) is 5.15 Å². The zero-order valence-electron chi connectivity index (χ0n) is 8.17. The number of hydrogen-bond acceptors (Lipinski definition) is 2. The molecular weight excluding hydrogens is 202 g/mol. The van der Waals surface area contributed by atoms with E-state index in [-0.39, 0.29) is 0 Å². The van der Waals surface area contributed by atoms with Gasteiger partial charge in [0, 0.05) is 16.3 Å². The molecule has 0 aliphatic heterocycles. The third-order valence-corrected chi connectivity index (χ3v) is 3.56. The molecule has 1 unspecified atom stereocenters. The number of hydrogen-bond donors (Lipinski definition) is 0. The van der Waals surface area contributed by atoms with Gasteiger partial charge in [0.2, 0.25) is 0 Å². The number of nitrogens with zero attached hydrogens (tertiary/aromatic N) is 1. The first-order valence-corrected chi connectivity index (χ1v) is 5.68. The molecular formula is C10H14ClNS. The Hall–Kier alpha value is -0.210. The Labute approximate surface area is 88.9 Å². The Morgan fingerprint density at radius 3 is 2.92 bits per heavy atom. The smallest absolute Gasteiger partial charge is 0.130 e. The fourth-order valence-electron chi connectivity index (χ4n) is 0.908. The molecule has 0 bridgehead atoms. The number of aryl methyl sites for hydroxylation is 1. The van der Waals surface area contributed by atoms with Gasteiger partial charge >= 0.3 is 0 Å². The van der Waals surface area contributed by atoms with Crippen LogP contribution in [0.4, 0.5) is 0 Å². The Balaban J connectivity index is 2.81. The summed E-state index contributed by atoms with van der Waals surface area (Å²) in [4.78, 5) is 5.27. The van der Waals surface area contributed by atoms with Crippen molar-refractivity contribution in [3.63, 3.8) is 0 Å². The van der Waals surface area contributed by atoms with Gasteiger partial charge < -0.3 is 0 Å². The lowest BCUT2D eigenvalue weighted by molar-refractivity contribution is 0.904. The molecule has 1 aromatic rings. The number of aromatic nitrogens is 1. The summed E-state index contributed by atoms with van der Waals surface area (Å²) in [5.41, 5.74) is 1.20. The molecule has 0 aliphatic carbocycles. The summed E-state index contributed by atoms with van der Waals surface area (Å²) in [6, 6.07) is 1.94. The van der Waals surface area contributed by atoms with Crippen molar-refractivity contribution in [3.8, 4) is 0 Å². The zero-order valence-corrected chi connectivity index (χ0v) is 9.75. The third-order valence-electron chi connectivity index (χ3n) is 1.92. The van der Waals surface area contributed by atoms with Crippen molar-refractivity contribution in [2.24, 2.45) is 0 Å². The SMILES string of the molecule is CCC(C)Sc1cc(Cl)ncc1C. The van der Waals surface area contributed by atoms with E-state index in [2.05, 4.69) is 25.8 Å². The second-order valence-electron chi connectivity index (χ2n) is 3.11. The molecule has 1 heterocycles. The Bertz CT molecular complexity index is 288. The summed E-state index contributed by atoms with van der Waals surface area (Å²) < 4.78 is 0. The lowest BCUT2D eigenvalue weighted by Crippen LogP contribution is -1.93. The maximum atomic E-state index is 5.82. The summed E-state index contributed by atoms with van der Waals surface area (Å²) in [6.07, 6.45) is 3.00. The van der Waals surface area contributed by atoms with Gasteiger partial charge in [-0.2, -0.15) is 0 Å². The second kappa shape index (κ2) is 4.87. The molecule has 0 saturated carbocycles. The van der Waals surface area contributed by atoms with E-state index in [1.165, 1.54) is 16.9 Å². The molecule has 0 radical (unpaired) electrons. The topological polar surface area (TPSA) is 12.9 Å². The lowest BCUT2D eigenvalue weighted by atomic mass is 10.3. The molecule has 72 valence electrons. The minimum Gasteiger partial charge on any atom is -0.244 e. The predicted octanol–water partition coefficient (Wildman–Crippen LogP) is 3.93. The van der Waals surface area contributed by atoms with Gasteiger partial charge in [0.05, 0.1) is 0 Å². The molecule has 0 fully saturated rings. The maximum Gasteiger partial charge on any atom is 0.130 e. The maximum absolute atomic E-state index is 5.82. The van der Waals surface area contributed by atoms with Gasteiger partial charge in [-0.3, -0.25) is 0 Å². The highest BCUT2D eigenvalue weighted by Crippen LogP contribution is 2.28. The van der Waals surface area contributed by atoms with E-state index in [0.717, 1.165) is 0 Å². The third kappa shape index (κ3) is 3.20.